The molecule has 1 aromatic rings. The molecule has 5 nitrogen and oxygen atoms in total. The smallest absolute Gasteiger partial charge is 0.246 e. The molecule has 1 saturated carbocycles. The summed E-state index contributed by atoms with van der Waals surface area (Å²) in [7, 11) is 0. The molecule has 0 unspecified atom stereocenters. The molecule has 1 saturated heterocycles. The molecule has 126 valence electrons. The van der Waals surface area contributed by atoms with Crippen molar-refractivity contribution in [3.63, 3.8) is 0 Å². The van der Waals surface area contributed by atoms with Crippen LogP contribution in [0.5, 0.6) is 0 Å². The molecule has 1 aliphatic carbocycles. The summed E-state index contributed by atoms with van der Waals surface area (Å²) in [5, 5.41) is 17.4. The van der Waals surface area contributed by atoms with E-state index in [-0.39, 0.29) is 5.91 Å². The average molecular weight is 317 g/mol. The van der Waals surface area contributed by atoms with E-state index < -0.39 is 5.60 Å². The van der Waals surface area contributed by atoms with Crippen LogP contribution in [0.15, 0.2) is 24.4 Å². The summed E-state index contributed by atoms with van der Waals surface area (Å²) in [4.78, 5) is 14.2. The number of likely N-dealkylation sites (tertiary alicyclic amines) is 1. The molecule has 5 heteroatoms. The van der Waals surface area contributed by atoms with Gasteiger partial charge in [-0.15, -0.1) is 0 Å². The molecule has 0 bridgehead atoms. The van der Waals surface area contributed by atoms with Gasteiger partial charge >= 0.3 is 0 Å². The van der Waals surface area contributed by atoms with Crippen LogP contribution in [0.1, 0.15) is 57.1 Å². The molecule has 23 heavy (non-hydrogen) atoms. The topological polar surface area (TPSA) is 69.2 Å². The number of hydrogen-bond acceptors (Lipinski definition) is 3. The third-order valence-corrected chi connectivity index (χ3v) is 5.32. The van der Waals surface area contributed by atoms with Crippen molar-refractivity contribution >= 4 is 5.91 Å². The molecule has 1 aliphatic heterocycles. The van der Waals surface area contributed by atoms with Gasteiger partial charge in [-0.05, 0) is 43.7 Å². The lowest BCUT2D eigenvalue weighted by Crippen LogP contribution is -2.44. The van der Waals surface area contributed by atoms with Crippen LogP contribution in [0, 0.1) is 5.92 Å². The van der Waals surface area contributed by atoms with Crippen molar-refractivity contribution in [2.75, 3.05) is 13.1 Å². The zero-order valence-electron chi connectivity index (χ0n) is 13.7. The maximum absolute atomic E-state index is 12.4. The van der Waals surface area contributed by atoms with E-state index in [0.29, 0.717) is 31.8 Å². The first-order valence-corrected chi connectivity index (χ1v) is 8.87. The SMILES string of the molecule is O=C(/C=C/C1CCCCCC1)N1CCC(O)(c2ccn[nH]2)CC1. The van der Waals surface area contributed by atoms with Gasteiger partial charge in [0.15, 0.2) is 0 Å². The Balaban J connectivity index is 1.52. The van der Waals surface area contributed by atoms with Crippen LogP contribution in [-0.4, -0.2) is 39.2 Å². The molecule has 0 atom stereocenters. The van der Waals surface area contributed by atoms with E-state index in [1.165, 1.54) is 38.5 Å². The van der Waals surface area contributed by atoms with Gasteiger partial charge in [-0.1, -0.05) is 31.8 Å². The summed E-state index contributed by atoms with van der Waals surface area (Å²) in [6.45, 7) is 1.17. The molecular formula is C18H27N3O2. The Hall–Kier alpha value is -1.62. The van der Waals surface area contributed by atoms with Crippen LogP contribution >= 0.6 is 0 Å². The predicted octanol–water partition coefficient (Wildman–Crippen LogP) is 2.75. The van der Waals surface area contributed by atoms with Crippen LogP contribution in [0.25, 0.3) is 0 Å². The third-order valence-electron chi connectivity index (χ3n) is 5.32. The summed E-state index contributed by atoms with van der Waals surface area (Å²) < 4.78 is 0. The number of H-pyrrole nitrogens is 1. The third kappa shape index (κ3) is 4.02. The van der Waals surface area contributed by atoms with Gasteiger partial charge < -0.3 is 10.0 Å². The normalized spacial score (nSPS) is 23.1. The molecule has 2 aliphatic rings. The number of nitrogens with zero attached hydrogens (tertiary/aromatic N) is 2. The second-order valence-electron chi connectivity index (χ2n) is 6.94. The van der Waals surface area contributed by atoms with Crippen LogP contribution < -0.4 is 0 Å². The van der Waals surface area contributed by atoms with Gasteiger partial charge in [0.25, 0.3) is 0 Å². The molecule has 2 fully saturated rings. The van der Waals surface area contributed by atoms with Gasteiger partial charge in [0, 0.05) is 19.3 Å². The number of amides is 1. The van der Waals surface area contributed by atoms with Crippen LogP contribution in [0.2, 0.25) is 0 Å². The standard InChI is InChI=1S/C18H27N3O2/c22-17(8-7-15-5-3-1-2-4-6-15)21-13-10-18(23,11-14-21)16-9-12-19-20-16/h7-9,12,15,23H,1-6,10-11,13-14H2,(H,19,20)/b8-7+. The van der Waals surface area contributed by atoms with E-state index in [2.05, 4.69) is 16.3 Å². The fraction of sp³-hybridized carbons (Fsp3) is 0.667. The highest BCUT2D eigenvalue weighted by Gasteiger charge is 2.36. The Kier molecular flexibility index (Phi) is 5.16. The number of aromatic amines is 1. The Bertz CT molecular complexity index is 522. The Morgan fingerprint density at radius 1 is 1.26 bits per heavy atom. The van der Waals surface area contributed by atoms with Crippen molar-refractivity contribution < 1.29 is 9.90 Å². The molecule has 2 N–H and O–H groups in total. The lowest BCUT2D eigenvalue weighted by atomic mass is 9.88. The lowest BCUT2D eigenvalue weighted by molar-refractivity contribution is -0.130. The highest BCUT2D eigenvalue weighted by Crippen LogP contribution is 2.31. The molecule has 0 radical (unpaired) electrons. The summed E-state index contributed by atoms with van der Waals surface area (Å²) in [5.74, 6) is 0.647. The zero-order valence-corrected chi connectivity index (χ0v) is 13.7. The van der Waals surface area contributed by atoms with E-state index in [0.717, 1.165) is 5.69 Å². The fourth-order valence-corrected chi connectivity index (χ4v) is 3.71. The van der Waals surface area contributed by atoms with Crippen molar-refractivity contribution in [3.05, 3.63) is 30.1 Å². The second kappa shape index (κ2) is 7.30. The number of hydrogen-bond donors (Lipinski definition) is 2. The monoisotopic (exact) mass is 317 g/mol. The quantitative estimate of drug-likeness (QED) is 0.665. The van der Waals surface area contributed by atoms with Gasteiger partial charge in [-0.3, -0.25) is 9.89 Å². The molecule has 1 aromatic heterocycles. The summed E-state index contributed by atoms with van der Waals surface area (Å²) in [5.41, 5.74) is -0.128. The minimum absolute atomic E-state index is 0.0842. The number of aromatic nitrogens is 2. The maximum Gasteiger partial charge on any atom is 0.246 e. The largest absolute Gasteiger partial charge is 0.383 e. The number of carbonyl (C=O) groups is 1. The molecule has 0 aromatic carbocycles. The lowest BCUT2D eigenvalue weighted by Gasteiger charge is -2.37. The zero-order chi connectivity index (χ0) is 16.1. The molecule has 3 rings (SSSR count). The maximum atomic E-state index is 12.4. The van der Waals surface area contributed by atoms with Crippen molar-refractivity contribution in [3.8, 4) is 0 Å². The van der Waals surface area contributed by atoms with Gasteiger partial charge in [-0.2, -0.15) is 5.10 Å². The van der Waals surface area contributed by atoms with Crippen LogP contribution in [-0.2, 0) is 10.4 Å². The highest BCUT2D eigenvalue weighted by atomic mass is 16.3. The summed E-state index contributed by atoms with van der Waals surface area (Å²) in [6, 6.07) is 1.81. The van der Waals surface area contributed by atoms with Crippen LogP contribution in [0.3, 0.4) is 0 Å². The first kappa shape index (κ1) is 16.2. The number of piperidine rings is 1. The first-order chi connectivity index (χ1) is 11.2. The summed E-state index contributed by atoms with van der Waals surface area (Å²) >= 11 is 0. The number of aliphatic hydroxyl groups is 1. The van der Waals surface area contributed by atoms with E-state index in [4.69, 9.17) is 0 Å². The van der Waals surface area contributed by atoms with Crippen molar-refractivity contribution in [2.45, 2.75) is 57.0 Å². The van der Waals surface area contributed by atoms with E-state index in [1.807, 2.05) is 11.0 Å². The number of allylic oxidation sites excluding steroid dienone is 1. The summed E-state index contributed by atoms with van der Waals surface area (Å²) in [6.07, 6.45) is 14.3. The Morgan fingerprint density at radius 2 is 1.96 bits per heavy atom. The minimum Gasteiger partial charge on any atom is -0.383 e. The second-order valence-corrected chi connectivity index (χ2v) is 6.94. The van der Waals surface area contributed by atoms with Crippen molar-refractivity contribution in [1.82, 2.24) is 15.1 Å². The predicted molar refractivity (Wildman–Crippen MR) is 88.6 cm³/mol. The molecule has 2 heterocycles. The molecule has 0 spiro atoms. The Morgan fingerprint density at radius 3 is 2.57 bits per heavy atom. The van der Waals surface area contributed by atoms with Gasteiger partial charge in [-0.25, -0.2) is 0 Å². The Labute approximate surface area is 137 Å². The highest BCUT2D eigenvalue weighted by molar-refractivity contribution is 5.87. The number of rotatable bonds is 3. The molecular weight excluding hydrogens is 290 g/mol. The van der Waals surface area contributed by atoms with Crippen molar-refractivity contribution in [1.29, 1.82) is 0 Å². The van der Waals surface area contributed by atoms with Crippen LogP contribution in [0.4, 0.5) is 0 Å². The number of carbonyl (C=O) groups excluding carboxylic acids is 1. The van der Waals surface area contributed by atoms with E-state index in [9.17, 15) is 9.90 Å². The molecule has 1 amide bonds. The minimum atomic E-state index is -0.877. The van der Waals surface area contributed by atoms with Gasteiger partial charge in [0.1, 0.15) is 5.60 Å². The van der Waals surface area contributed by atoms with E-state index in [1.54, 1.807) is 12.3 Å². The average Bonchev–Trinajstić information content (AvgIpc) is 2.99. The first-order valence-electron chi connectivity index (χ1n) is 8.87. The fourth-order valence-electron chi connectivity index (χ4n) is 3.71. The van der Waals surface area contributed by atoms with E-state index >= 15 is 0 Å². The van der Waals surface area contributed by atoms with Gasteiger partial charge in [0.05, 0.1) is 5.69 Å². The number of nitrogens with one attached hydrogen (secondary N) is 1. The van der Waals surface area contributed by atoms with Gasteiger partial charge in [0.2, 0.25) is 5.91 Å². The van der Waals surface area contributed by atoms with Crippen molar-refractivity contribution in [2.24, 2.45) is 5.92 Å².